The molecule has 4 N–H and O–H groups in total. The van der Waals surface area contributed by atoms with Crippen LogP contribution in [0.25, 0.3) is 0 Å². The zero-order valence-corrected chi connectivity index (χ0v) is 7.62. The number of imidazole rings is 1. The molecule has 1 fully saturated rings. The molecule has 0 aromatic carbocycles. The first-order valence-corrected chi connectivity index (χ1v) is 4.49. The molecule has 1 aromatic rings. The van der Waals surface area contributed by atoms with E-state index < -0.39 is 0 Å². The fourth-order valence-corrected chi connectivity index (χ4v) is 1.59. The number of aromatic amines is 2. The highest BCUT2D eigenvalue weighted by atomic mass is 16.2. The predicted molar refractivity (Wildman–Crippen MR) is 49.9 cm³/mol. The van der Waals surface area contributed by atoms with Crippen molar-refractivity contribution in [1.29, 1.82) is 0 Å². The van der Waals surface area contributed by atoms with Crippen molar-refractivity contribution in [1.82, 2.24) is 14.9 Å². The highest BCUT2D eigenvalue weighted by Crippen LogP contribution is 2.09. The number of rotatable bonds is 1. The summed E-state index contributed by atoms with van der Waals surface area (Å²) >= 11 is 0. The first kappa shape index (κ1) is 9.01. The van der Waals surface area contributed by atoms with E-state index in [-0.39, 0.29) is 17.6 Å². The number of nitrogens with one attached hydrogen (secondary N) is 2. The van der Waals surface area contributed by atoms with Gasteiger partial charge in [0.05, 0.1) is 0 Å². The van der Waals surface area contributed by atoms with Gasteiger partial charge in [-0.25, -0.2) is 4.79 Å². The van der Waals surface area contributed by atoms with Crippen molar-refractivity contribution in [2.24, 2.45) is 5.73 Å². The largest absolute Gasteiger partial charge is 0.336 e. The number of nitrogens with two attached hydrogens (primary N) is 1. The Morgan fingerprint density at radius 3 is 2.93 bits per heavy atom. The second-order valence-electron chi connectivity index (χ2n) is 3.46. The summed E-state index contributed by atoms with van der Waals surface area (Å²) in [6, 6.07) is 0.0598. The van der Waals surface area contributed by atoms with Crippen molar-refractivity contribution in [2.45, 2.75) is 12.5 Å². The van der Waals surface area contributed by atoms with Crippen LogP contribution in [-0.2, 0) is 0 Å². The van der Waals surface area contributed by atoms with Gasteiger partial charge < -0.3 is 20.6 Å². The molecule has 76 valence electrons. The van der Waals surface area contributed by atoms with E-state index >= 15 is 0 Å². The second-order valence-corrected chi connectivity index (χ2v) is 3.46. The standard InChI is InChI=1S/C8H12N4O2/c9-5-1-2-12(4-5)7(13)6-3-10-8(14)11-6/h3,5H,1-2,4,9H2,(H2,10,11,14)/t5-/m1/s1. The third kappa shape index (κ3) is 1.56. The SMILES string of the molecule is N[C@@H]1CCN(C(=O)c2c[nH]c(=O)[nH]2)C1. The van der Waals surface area contributed by atoms with Crippen LogP contribution in [0, 0.1) is 0 Å². The molecular weight excluding hydrogens is 184 g/mol. The molecule has 1 saturated heterocycles. The number of hydrogen-bond donors (Lipinski definition) is 3. The number of hydrogen-bond acceptors (Lipinski definition) is 3. The molecule has 6 nitrogen and oxygen atoms in total. The molecule has 2 heterocycles. The lowest BCUT2D eigenvalue weighted by Gasteiger charge is -2.13. The Hall–Kier alpha value is -1.56. The summed E-state index contributed by atoms with van der Waals surface area (Å²) in [4.78, 5) is 28.9. The van der Waals surface area contributed by atoms with Crippen molar-refractivity contribution in [3.8, 4) is 0 Å². The zero-order valence-electron chi connectivity index (χ0n) is 7.62. The normalized spacial score (nSPS) is 21.5. The minimum Gasteiger partial charge on any atom is -0.336 e. The summed E-state index contributed by atoms with van der Waals surface area (Å²) in [7, 11) is 0. The van der Waals surface area contributed by atoms with E-state index in [1.54, 1.807) is 4.90 Å². The van der Waals surface area contributed by atoms with Crippen LogP contribution in [0.4, 0.5) is 0 Å². The van der Waals surface area contributed by atoms with Gasteiger partial charge >= 0.3 is 5.69 Å². The molecule has 0 unspecified atom stereocenters. The molecule has 14 heavy (non-hydrogen) atoms. The fourth-order valence-electron chi connectivity index (χ4n) is 1.59. The van der Waals surface area contributed by atoms with E-state index in [1.165, 1.54) is 6.20 Å². The van der Waals surface area contributed by atoms with Crippen molar-refractivity contribution in [3.63, 3.8) is 0 Å². The summed E-state index contributed by atoms with van der Waals surface area (Å²) in [5.74, 6) is -0.170. The van der Waals surface area contributed by atoms with E-state index in [9.17, 15) is 9.59 Å². The van der Waals surface area contributed by atoms with Gasteiger partial charge in [-0.15, -0.1) is 0 Å². The van der Waals surface area contributed by atoms with Gasteiger partial charge in [-0.2, -0.15) is 0 Å². The number of H-pyrrole nitrogens is 2. The second kappa shape index (κ2) is 3.30. The van der Waals surface area contributed by atoms with Crippen molar-refractivity contribution >= 4 is 5.91 Å². The van der Waals surface area contributed by atoms with Crippen LogP contribution >= 0.6 is 0 Å². The molecule has 1 aliphatic rings. The molecular formula is C8H12N4O2. The summed E-state index contributed by atoms with van der Waals surface area (Å²) in [6.45, 7) is 1.22. The molecule has 0 bridgehead atoms. The minimum absolute atomic E-state index is 0.0598. The number of nitrogens with zero attached hydrogens (tertiary/aromatic N) is 1. The van der Waals surface area contributed by atoms with Crippen molar-refractivity contribution in [2.75, 3.05) is 13.1 Å². The quantitative estimate of drug-likeness (QED) is 0.530. The van der Waals surface area contributed by atoms with E-state index in [2.05, 4.69) is 9.97 Å². The van der Waals surface area contributed by atoms with E-state index in [4.69, 9.17) is 5.73 Å². The van der Waals surface area contributed by atoms with Crippen LogP contribution in [0.5, 0.6) is 0 Å². The first-order chi connectivity index (χ1) is 6.66. The minimum atomic E-state index is -0.364. The lowest BCUT2D eigenvalue weighted by atomic mass is 10.3. The monoisotopic (exact) mass is 196 g/mol. The predicted octanol–water partition coefficient (Wildman–Crippen LogP) is -1.12. The summed E-state index contributed by atoms with van der Waals surface area (Å²) < 4.78 is 0. The van der Waals surface area contributed by atoms with Crippen LogP contribution in [0.15, 0.2) is 11.0 Å². The van der Waals surface area contributed by atoms with E-state index in [0.29, 0.717) is 18.8 Å². The van der Waals surface area contributed by atoms with Gasteiger partial charge in [0.25, 0.3) is 5.91 Å². The Morgan fingerprint density at radius 1 is 1.64 bits per heavy atom. The molecule has 0 aliphatic carbocycles. The maximum Gasteiger partial charge on any atom is 0.323 e. The molecule has 6 heteroatoms. The third-order valence-corrected chi connectivity index (χ3v) is 2.34. The summed E-state index contributed by atoms with van der Waals surface area (Å²) in [6.07, 6.45) is 2.20. The lowest BCUT2D eigenvalue weighted by Crippen LogP contribution is -2.32. The van der Waals surface area contributed by atoms with Gasteiger partial charge in [-0.3, -0.25) is 4.79 Å². The maximum atomic E-state index is 11.7. The summed E-state index contributed by atoms with van der Waals surface area (Å²) in [5, 5.41) is 0. The van der Waals surface area contributed by atoms with Crippen molar-refractivity contribution in [3.05, 3.63) is 22.4 Å². The van der Waals surface area contributed by atoms with Crippen LogP contribution in [0.1, 0.15) is 16.9 Å². The lowest BCUT2D eigenvalue weighted by molar-refractivity contribution is 0.0785. The molecule has 1 atom stereocenters. The molecule has 0 radical (unpaired) electrons. The Morgan fingerprint density at radius 2 is 2.43 bits per heavy atom. The van der Waals surface area contributed by atoms with Gasteiger partial charge in [0, 0.05) is 25.3 Å². The van der Waals surface area contributed by atoms with E-state index in [0.717, 1.165) is 6.42 Å². The number of likely N-dealkylation sites (tertiary alicyclic amines) is 1. The van der Waals surface area contributed by atoms with Crippen LogP contribution in [-0.4, -0.2) is 39.9 Å². The van der Waals surface area contributed by atoms with Crippen LogP contribution < -0.4 is 11.4 Å². The Bertz CT molecular complexity index is 394. The molecule has 1 aliphatic heterocycles. The molecule has 0 spiro atoms. The third-order valence-electron chi connectivity index (χ3n) is 2.34. The van der Waals surface area contributed by atoms with Gasteiger partial charge in [-0.1, -0.05) is 0 Å². The molecule has 1 aromatic heterocycles. The van der Waals surface area contributed by atoms with E-state index in [1.807, 2.05) is 0 Å². The summed E-state index contributed by atoms with van der Waals surface area (Å²) in [5.41, 5.74) is 5.60. The topological polar surface area (TPSA) is 95.0 Å². The van der Waals surface area contributed by atoms with Gasteiger partial charge in [-0.05, 0) is 6.42 Å². The zero-order chi connectivity index (χ0) is 10.1. The van der Waals surface area contributed by atoms with Gasteiger partial charge in [0.1, 0.15) is 5.69 Å². The number of aromatic nitrogens is 2. The number of amides is 1. The highest BCUT2D eigenvalue weighted by Gasteiger charge is 2.25. The number of carbonyl (C=O) groups is 1. The fraction of sp³-hybridized carbons (Fsp3) is 0.500. The molecule has 1 amide bonds. The Balaban J connectivity index is 2.13. The van der Waals surface area contributed by atoms with Crippen molar-refractivity contribution < 1.29 is 4.79 Å². The smallest absolute Gasteiger partial charge is 0.323 e. The highest BCUT2D eigenvalue weighted by molar-refractivity contribution is 5.92. The molecule has 0 saturated carbocycles. The van der Waals surface area contributed by atoms with Gasteiger partial charge in [0.15, 0.2) is 0 Å². The number of carbonyl (C=O) groups excluding carboxylic acids is 1. The van der Waals surface area contributed by atoms with Gasteiger partial charge in [0.2, 0.25) is 0 Å². The average Bonchev–Trinajstić information content (AvgIpc) is 2.73. The van der Waals surface area contributed by atoms with Crippen LogP contribution in [0.3, 0.4) is 0 Å². The van der Waals surface area contributed by atoms with Crippen LogP contribution in [0.2, 0.25) is 0 Å². The Kier molecular flexibility index (Phi) is 2.12. The molecule has 2 rings (SSSR count). The maximum absolute atomic E-state index is 11.7. The Labute approximate surface area is 80.1 Å². The average molecular weight is 196 g/mol. The first-order valence-electron chi connectivity index (χ1n) is 4.49.